The molecule has 0 heterocycles. The first-order valence-corrected chi connectivity index (χ1v) is 4.60. The summed E-state index contributed by atoms with van der Waals surface area (Å²) in [6.45, 7) is 2.78. The van der Waals surface area contributed by atoms with Crippen LogP contribution in [0.4, 0.5) is 11.4 Å². The van der Waals surface area contributed by atoms with E-state index in [1.165, 1.54) is 0 Å². The van der Waals surface area contributed by atoms with Gasteiger partial charge in [-0.15, -0.1) is 0 Å². The third kappa shape index (κ3) is 2.39. The van der Waals surface area contributed by atoms with Crippen molar-refractivity contribution < 1.29 is 0 Å². The van der Waals surface area contributed by atoms with Crippen LogP contribution in [0.25, 0.3) is 0 Å². The second kappa shape index (κ2) is 4.50. The Kier molecular flexibility index (Phi) is 3.34. The fraction of sp³-hybridized carbons (Fsp3) is 0.300. The van der Waals surface area contributed by atoms with Gasteiger partial charge < -0.3 is 17.2 Å². The molecule has 0 saturated heterocycles. The van der Waals surface area contributed by atoms with Crippen molar-refractivity contribution in [2.24, 2.45) is 10.7 Å². The number of hydrogen-bond acceptors (Lipinski definition) is 3. The Balaban J connectivity index is 2.91. The van der Waals surface area contributed by atoms with E-state index >= 15 is 0 Å². The average molecular weight is 192 g/mol. The molecule has 0 amide bonds. The van der Waals surface area contributed by atoms with E-state index in [4.69, 9.17) is 17.2 Å². The summed E-state index contributed by atoms with van der Waals surface area (Å²) in [5.74, 6) is 0.513. The zero-order valence-corrected chi connectivity index (χ0v) is 8.33. The van der Waals surface area contributed by atoms with Crippen molar-refractivity contribution in [3.8, 4) is 0 Å². The Morgan fingerprint density at radius 2 is 2.00 bits per heavy atom. The molecule has 1 aromatic rings. The maximum atomic E-state index is 5.75. The first-order valence-electron chi connectivity index (χ1n) is 4.60. The van der Waals surface area contributed by atoms with Gasteiger partial charge in [-0.3, -0.25) is 4.99 Å². The largest absolute Gasteiger partial charge is 0.397 e. The average Bonchev–Trinajstić information content (AvgIpc) is 2.18. The van der Waals surface area contributed by atoms with Crippen LogP contribution >= 0.6 is 0 Å². The van der Waals surface area contributed by atoms with Crippen molar-refractivity contribution in [2.75, 3.05) is 18.0 Å². The molecule has 0 aliphatic carbocycles. The first kappa shape index (κ1) is 10.4. The molecule has 1 rings (SSSR count). The van der Waals surface area contributed by atoms with Gasteiger partial charge in [0.15, 0.2) is 0 Å². The van der Waals surface area contributed by atoms with E-state index in [0.29, 0.717) is 17.2 Å². The molecule has 1 aromatic carbocycles. The molecule has 0 aliphatic heterocycles. The zero-order chi connectivity index (χ0) is 10.6. The highest BCUT2D eigenvalue weighted by atomic mass is 14.8. The lowest BCUT2D eigenvalue weighted by atomic mass is 10.1. The van der Waals surface area contributed by atoms with Gasteiger partial charge in [-0.25, -0.2) is 0 Å². The molecule has 0 unspecified atom stereocenters. The van der Waals surface area contributed by atoms with E-state index in [-0.39, 0.29) is 0 Å². The molecule has 0 radical (unpaired) electrons. The van der Waals surface area contributed by atoms with Crippen molar-refractivity contribution in [1.29, 1.82) is 0 Å². The third-order valence-corrected chi connectivity index (χ3v) is 1.89. The van der Waals surface area contributed by atoms with Crippen molar-refractivity contribution >= 4 is 17.2 Å². The van der Waals surface area contributed by atoms with Crippen molar-refractivity contribution in [1.82, 2.24) is 0 Å². The first-order chi connectivity index (χ1) is 6.65. The number of rotatable bonds is 3. The van der Waals surface area contributed by atoms with E-state index in [0.717, 1.165) is 18.5 Å². The van der Waals surface area contributed by atoms with Crippen molar-refractivity contribution in [3.05, 3.63) is 23.8 Å². The summed E-state index contributed by atoms with van der Waals surface area (Å²) in [6, 6.07) is 5.29. The summed E-state index contributed by atoms with van der Waals surface area (Å²) in [6.07, 6.45) is 0.977. The summed E-state index contributed by atoms with van der Waals surface area (Å²) in [4.78, 5) is 4.18. The molecular formula is C10H16N4. The molecule has 0 atom stereocenters. The molecule has 4 nitrogen and oxygen atoms in total. The highest BCUT2D eigenvalue weighted by molar-refractivity contribution is 5.98. The van der Waals surface area contributed by atoms with Crippen molar-refractivity contribution in [3.63, 3.8) is 0 Å². The van der Waals surface area contributed by atoms with E-state index in [2.05, 4.69) is 4.99 Å². The van der Waals surface area contributed by atoms with Crippen LogP contribution in [0.1, 0.15) is 18.9 Å². The van der Waals surface area contributed by atoms with Gasteiger partial charge in [-0.2, -0.15) is 0 Å². The number of nitrogens with two attached hydrogens (primary N) is 3. The van der Waals surface area contributed by atoms with Crippen LogP contribution in [0.5, 0.6) is 0 Å². The number of hydrogen-bond donors (Lipinski definition) is 3. The Bertz CT molecular complexity index is 344. The Labute approximate surface area is 83.8 Å². The van der Waals surface area contributed by atoms with E-state index in [1.54, 1.807) is 12.1 Å². The monoisotopic (exact) mass is 192 g/mol. The maximum Gasteiger partial charge on any atom is 0.125 e. The van der Waals surface area contributed by atoms with E-state index in [9.17, 15) is 0 Å². The molecule has 0 fully saturated rings. The summed E-state index contributed by atoms with van der Waals surface area (Å²) in [5.41, 5.74) is 18.9. The standard InChI is InChI=1S/C10H16N4/c1-2-5-14-10(13)7-3-4-8(11)9(12)6-7/h3-4,6H,2,5,11-12H2,1H3,(H2,13,14). The predicted octanol–water partition coefficient (Wildman–Crippen LogP) is 0.966. The van der Waals surface area contributed by atoms with Gasteiger partial charge in [-0.1, -0.05) is 6.92 Å². The Hall–Kier alpha value is -1.71. The highest BCUT2D eigenvalue weighted by Crippen LogP contribution is 2.15. The van der Waals surface area contributed by atoms with Crippen LogP contribution < -0.4 is 17.2 Å². The minimum Gasteiger partial charge on any atom is -0.397 e. The number of nitrogen functional groups attached to an aromatic ring is 2. The van der Waals surface area contributed by atoms with Gasteiger partial charge in [-0.05, 0) is 24.6 Å². The molecule has 0 bridgehead atoms. The molecule has 0 aliphatic rings. The maximum absolute atomic E-state index is 5.75. The molecule has 6 N–H and O–H groups in total. The smallest absolute Gasteiger partial charge is 0.125 e. The minimum absolute atomic E-state index is 0.513. The lowest BCUT2D eigenvalue weighted by Gasteiger charge is -2.04. The van der Waals surface area contributed by atoms with Crippen LogP contribution in [-0.2, 0) is 0 Å². The molecule has 76 valence electrons. The van der Waals surface area contributed by atoms with Gasteiger partial charge >= 0.3 is 0 Å². The van der Waals surface area contributed by atoms with Gasteiger partial charge in [0.25, 0.3) is 0 Å². The summed E-state index contributed by atoms with van der Waals surface area (Å²) < 4.78 is 0. The lowest BCUT2D eigenvalue weighted by Crippen LogP contribution is -2.14. The summed E-state index contributed by atoms with van der Waals surface area (Å²) in [7, 11) is 0. The van der Waals surface area contributed by atoms with E-state index < -0.39 is 0 Å². The molecule has 4 heteroatoms. The second-order valence-electron chi connectivity index (χ2n) is 3.11. The molecule has 0 saturated carbocycles. The van der Waals surface area contributed by atoms with Crippen LogP contribution in [0.2, 0.25) is 0 Å². The predicted molar refractivity (Wildman–Crippen MR) is 61.1 cm³/mol. The SMILES string of the molecule is CCCN=C(N)c1ccc(N)c(N)c1. The normalized spacial score (nSPS) is 11.6. The lowest BCUT2D eigenvalue weighted by molar-refractivity contribution is 0.930. The second-order valence-corrected chi connectivity index (χ2v) is 3.11. The summed E-state index contributed by atoms with van der Waals surface area (Å²) in [5, 5.41) is 0. The van der Waals surface area contributed by atoms with Gasteiger partial charge in [0.1, 0.15) is 5.84 Å². The summed E-state index contributed by atoms with van der Waals surface area (Å²) >= 11 is 0. The number of amidine groups is 1. The van der Waals surface area contributed by atoms with Gasteiger partial charge in [0, 0.05) is 12.1 Å². The van der Waals surface area contributed by atoms with Gasteiger partial charge in [0.05, 0.1) is 11.4 Å². The van der Waals surface area contributed by atoms with E-state index in [1.807, 2.05) is 13.0 Å². The Morgan fingerprint density at radius 3 is 2.57 bits per heavy atom. The molecule has 0 spiro atoms. The number of nitrogens with zero attached hydrogens (tertiary/aromatic N) is 1. The number of anilines is 2. The highest BCUT2D eigenvalue weighted by Gasteiger charge is 2.00. The number of benzene rings is 1. The fourth-order valence-electron chi connectivity index (χ4n) is 1.06. The number of aliphatic imine (C=N–C) groups is 1. The third-order valence-electron chi connectivity index (χ3n) is 1.89. The molecular weight excluding hydrogens is 176 g/mol. The zero-order valence-electron chi connectivity index (χ0n) is 8.33. The topological polar surface area (TPSA) is 90.4 Å². The van der Waals surface area contributed by atoms with Crippen LogP contribution in [0, 0.1) is 0 Å². The minimum atomic E-state index is 0.513. The van der Waals surface area contributed by atoms with Crippen LogP contribution in [-0.4, -0.2) is 12.4 Å². The van der Waals surface area contributed by atoms with Crippen LogP contribution in [0.15, 0.2) is 23.2 Å². The quantitative estimate of drug-likeness (QED) is 0.378. The molecule has 14 heavy (non-hydrogen) atoms. The fourth-order valence-corrected chi connectivity index (χ4v) is 1.06. The van der Waals surface area contributed by atoms with Crippen molar-refractivity contribution in [2.45, 2.75) is 13.3 Å². The van der Waals surface area contributed by atoms with Gasteiger partial charge in [0.2, 0.25) is 0 Å². The Morgan fingerprint density at radius 1 is 1.29 bits per heavy atom. The molecule has 0 aromatic heterocycles. The van der Waals surface area contributed by atoms with Crippen LogP contribution in [0.3, 0.4) is 0 Å².